The minimum absolute atomic E-state index is 0.420. The molecule has 0 fully saturated rings. The average molecular weight is 217 g/mol. The molecule has 2 aromatic carbocycles. The number of hydrogen-bond donors (Lipinski definition) is 0. The van der Waals surface area contributed by atoms with Crippen LogP contribution in [0.1, 0.15) is 24.0 Å². The van der Waals surface area contributed by atoms with Crippen molar-refractivity contribution in [1.82, 2.24) is 0 Å². The van der Waals surface area contributed by atoms with Gasteiger partial charge in [0, 0.05) is 10.9 Å². The van der Waals surface area contributed by atoms with Gasteiger partial charge in [0.05, 0.1) is 0 Å². The van der Waals surface area contributed by atoms with Gasteiger partial charge < -0.3 is 0 Å². The third-order valence-electron chi connectivity index (χ3n) is 2.67. The van der Waals surface area contributed by atoms with E-state index in [0.29, 0.717) is 5.92 Å². The fourth-order valence-electron chi connectivity index (χ4n) is 1.69. The van der Waals surface area contributed by atoms with Crippen LogP contribution in [0.4, 0.5) is 0 Å². The van der Waals surface area contributed by atoms with Crippen molar-refractivity contribution in [2.45, 2.75) is 12.8 Å². The minimum atomic E-state index is 0.420. The van der Waals surface area contributed by atoms with Gasteiger partial charge in [-0.15, -0.1) is 0 Å². The zero-order valence-corrected chi connectivity index (χ0v) is 9.41. The van der Waals surface area contributed by atoms with Gasteiger partial charge in [0.15, 0.2) is 0 Å². The molecular formula is C14H13Cl. The molecule has 2 rings (SSSR count). The van der Waals surface area contributed by atoms with Gasteiger partial charge in [-0.3, -0.25) is 0 Å². The van der Waals surface area contributed by atoms with Crippen molar-refractivity contribution >= 4 is 11.6 Å². The summed E-state index contributed by atoms with van der Waals surface area (Å²) in [7, 11) is 0. The van der Waals surface area contributed by atoms with Crippen molar-refractivity contribution in [1.29, 1.82) is 0 Å². The van der Waals surface area contributed by atoms with Gasteiger partial charge in [-0.2, -0.15) is 0 Å². The number of benzene rings is 2. The SMILES string of the molecule is CC(c1ccccc1)c1ccc(Cl)cc1. The number of hydrogen-bond acceptors (Lipinski definition) is 0. The Morgan fingerprint density at radius 2 is 1.33 bits per heavy atom. The summed E-state index contributed by atoms with van der Waals surface area (Å²) in [6.45, 7) is 2.21. The molecule has 0 bridgehead atoms. The molecule has 15 heavy (non-hydrogen) atoms. The smallest absolute Gasteiger partial charge is 0.0406 e. The van der Waals surface area contributed by atoms with E-state index in [-0.39, 0.29) is 0 Å². The predicted octanol–water partition coefficient (Wildman–Crippen LogP) is 4.49. The van der Waals surface area contributed by atoms with Gasteiger partial charge in [-0.05, 0) is 23.3 Å². The zero-order valence-electron chi connectivity index (χ0n) is 8.65. The average Bonchev–Trinajstić information content (AvgIpc) is 2.30. The first-order chi connectivity index (χ1) is 7.27. The van der Waals surface area contributed by atoms with Gasteiger partial charge in [-0.1, -0.05) is 61.0 Å². The fourth-order valence-corrected chi connectivity index (χ4v) is 1.81. The summed E-state index contributed by atoms with van der Waals surface area (Å²) in [6.07, 6.45) is 0. The van der Waals surface area contributed by atoms with Crippen LogP contribution in [-0.4, -0.2) is 0 Å². The molecular weight excluding hydrogens is 204 g/mol. The van der Waals surface area contributed by atoms with Gasteiger partial charge in [-0.25, -0.2) is 0 Å². The molecule has 0 saturated carbocycles. The maximum Gasteiger partial charge on any atom is 0.0406 e. The van der Waals surface area contributed by atoms with Crippen LogP contribution < -0.4 is 0 Å². The van der Waals surface area contributed by atoms with Crippen molar-refractivity contribution < 1.29 is 0 Å². The molecule has 0 saturated heterocycles. The lowest BCUT2D eigenvalue weighted by atomic mass is 9.93. The van der Waals surface area contributed by atoms with E-state index in [1.54, 1.807) is 0 Å². The zero-order chi connectivity index (χ0) is 10.7. The molecule has 0 aliphatic carbocycles. The molecule has 0 aliphatic rings. The molecule has 0 heterocycles. The molecule has 2 aromatic rings. The predicted molar refractivity (Wildman–Crippen MR) is 65.4 cm³/mol. The normalized spacial score (nSPS) is 12.4. The second kappa shape index (κ2) is 4.50. The first kappa shape index (κ1) is 10.3. The fraction of sp³-hybridized carbons (Fsp3) is 0.143. The van der Waals surface area contributed by atoms with E-state index >= 15 is 0 Å². The molecule has 0 radical (unpaired) electrons. The largest absolute Gasteiger partial charge is 0.0843 e. The summed E-state index contributed by atoms with van der Waals surface area (Å²) in [5.41, 5.74) is 2.63. The van der Waals surface area contributed by atoms with Crippen LogP contribution in [0.25, 0.3) is 0 Å². The third kappa shape index (κ3) is 2.40. The quantitative estimate of drug-likeness (QED) is 0.694. The summed E-state index contributed by atoms with van der Waals surface area (Å²) < 4.78 is 0. The maximum atomic E-state index is 5.86. The Labute approximate surface area is 95.5 Å². The van der Waals surface area contributed by atoms with Crippen molar-refractivity contribution in [2.75, 3.05) is 0 Å². The Morgan fingerprint density at radius 3 is 1.93 bits per heavy atom. The van der Waals surface area contributed by atoms with Gasteiger partial charge in [0.25, 0.3) is 0 Å². The Balaban J connectivity index is 2.29. The van der Waals surface area contributed by atoms with Crippen LogP contribution in [0.5, 0.6) is 0 Å². The molecule has 76 valence electrons. The molecule has 1 atom stereocenters. The highest BCUT2D eigenvalue weighted by atomic mass is 35.5. The monoisotopic (exact) mass is 216 g/mol. The van der Waals surface area contributed by atoms with Crippen LogP contribution in [0.15, 0.2) is 54.6 Å². The summed E-state index contributed by atoms with van der Waals surface area (Å²) in [5, 5.41) is 0.791. The highest BCUT2D eigenvalue weighted by Crippen LogP contribution is 2.24. The van der Waals surface area contributed by atoms with E-state index < -0.39 is 0 Å². The lowest BCUT2D eigenvalue weighted by molar-refractivity contribution is 0.922. The Kier molecular flexibility index (Phi) is 3.08. The van der Waals surface area contributed by atoms with Gasteiger partial charge >= 0.3 is 0 Å². The Hall–Kier alpha value is -1.27. The Bertz CT molecular complexity index is 417. The second-order valence-corrected chi connectivity index (χ2v) is 4.12. The lowest BCUT2D eigenvalue weighted by Crippen LogP contribution is -1.94. The number of halogens is 1. The van der Waals surface area contributed by atoms with Crippen molar-refractivity contribution in [2.24, 2.45) is 0 Å². The van der Waals surface area contributed by atoms with Crippen LogP contribution >= 0.6 is 11.6 Å². The molecule has 1 heteroatoms. The first-order valence-electron chi connectivity index (χ1n) is 5.08. The Morgan fingerprint density at radius 1 is 0.800 bits per heavy atom. The van der Waals surface area contributed by atoms with Crippen LogP contribution in [0, 0.1) is 0 Å². The highest BCUT2D eigenvalue weighted by molar-refractivity contribution is 6.30. The number of rotatable bonds is 2. The van der Waals surface area contributed by atoms with E-state index in [0.717, 1.165) is 5.02 Å². The lowest BCUT2D eigenvalue weighted by Gasteiger charge is -2.12. The summed E-state index contributed by atoms with van der Waals surface area (Å²) in [5.74, 6) is 0.420. The first-order valence-corrected chi connectivity index (χ1v) is 5.45. The molecule has 0 amide bonds. The van der Waals surface area contributed by atoms with Crippen molar-refractivity contribution in [3.05, 3.63) is 70.7 Å². The molecule has 0 spiro atoms. The maximum absolute atomic E-state index is 5.86. The van der Waals surface area contributed by atoms with Gasteiger partial charge in [0.2, 0.25) is 0 Å². The van der Waals surface area contributed by atoms with Crippen LogP contribution in [0.3, 0.4) is 0 Å². The highest BCUT2D eigenvalue weighted by Gasteiger charge is 2.06. The molecule has 0 aromatic heterocycles. The van der Waals surface area contributed by atoms with E-state index in [1.807, 2.05) is 18.2 Å². The van der Waals surface area contributed by atoms with Crippen LogP contribution in [-0.2, 0) is 0 Å². The van der Waals surface area contributed by atoms with E-state index in [2.05, 4.69) is 43.3 Å². The minimum Gasteiger partial charge on any atom is -0.0843 e. The molecule has 0 aliphatic heterocycles. The molecule has 0 nitrogen and oxygen atoms in total. The molecule has 1 unspecified atom stereocenters. The topological polar surface area (TPSA) is 0 Å². The van der Waals surface area contributed by atoms with Gasteiger partial charge in [0.1, 0.15) is 0 Å². The summed E-state index contributed by atoms with van der Waals surface area (Å²) >= 11 is 5.86. The van der Waals surface area contributed by atoms with Crippen LogP contribution in [0.2, 0.25) is 5.02 Å². The van der Waals surface area contributed by atoms with E-state index in [1.165, 1.54) is 11.1 Å². The van der Waals surface area contributed by atoms with E-state index in [4.69, 9.17) is 11.6 Å². The second-order valence-electron chi connectivity index (χ2n) is 3.68. The van der Waals surface area contributed by atoms with Crippen molar-refractivity contribution in [3.63, 3.8) is 0 Å². The standard InChI is InChI=1S/C14H13Cl/c1-11(12-5-3-2-4-6-12)13-7-9-14(15)10-8-13/h2-11H,1H3. The third-order valence-corrected chi connectivity index (χ3v) is 2.92. The summed E-state index contributed by atoms with van der Waals surface area (Å²) in [6, 6.07) is 18.5. The van der Waals surface area contributed by atoms with E-state index in [9.17, 15) is 0 Å². The van der Waals surface area contributed by atoms with Crippen molar-refractivity contribution in [3.8, 4) is 0 Å². The summed E-state index contributed by atoms with van der Waals surface area (Å²) in [4.78, 5) is 0. The molecule has 0 N–H and O–H groups in total.